The van der Waals surface area contributed by atoms with Gasteiger partial charge in [-0.3, -0.25) is 0 Å². The molecule has 1 atom stereocenters. The van der Waals surface area contributed by atoms with Gasteiger partial charge < -0.3 is 14.2 Å². The summed E-state index contributed by atoms with van der Waals surface area (Å²) in [7, 11) is 1.44. The summed E-state index contributed by atoms with van der Waals surface area (Å²) in [5.41, 5.74) is 1.13. The molecule has 3 rings (SSSR count). The molecule has 2 aromatic heterocycles. The van der Waals surface area contributed by atoms with Gasteiger partial charge in [-0.1, -0.05) is 0 Å². The highest BCUT2D eigenvalue weighted by Crippen LogP contribution is 2.37. The number of hydrogen-bond acceptors (Lipinski definition) is 6. The minimum absolute atomic E-state index is 0.0452. The van der Waals surface area contributed by atoms with Crippen LogP contribution < -0.4 is 14.2 Å². The molecular weight excluding hydrogens is 368 g/mol. The molecule has 0 saturated carbocycles. The maximum absolute atomic E-state index is 12.4. The Morgan fingerprint density at radius 1 is 1.19 bits per heavy atom. The fourth-order valence-electron chi connectivity index (χ4n) is 2.57. The molecule has 7 nitrogen and oxygen atoms in total. The van der Waals surface area contributed by atoms with E-state index in [2.05, 4.69) is 14.7 Å². The second kappa shape index (κ2) is 7.24. The van der Waals surface area contributed by atoms with Crippen LogP contribution in [-0.4, -0.2) is 45.2 Å². The third kappa shape index (κ3) is 3.19. The Morgan fingerprint density at radius 2 is 1.96 bits per heavy atom. The molecule has 0 fully saturated rings. The normalized spacial score (nSPS) is 12.4. The van der Waals surface area contributed by atoms with Crippen LogP contribution in [-0.2, 0) is 11.0 Å². The number of rotatable bonds is 6. The molecule has 2 heterocycles. The number of fused-ring (bicyclic) bond motifs is 1. The van der Waals surface area contributed by atoms with Gasteiger partial charge >= 0.3 is 6.61 Å². The molecule has 1 aromatic carbocycles. The third-order valence-corrected chi connectivity index (χ3v) is 4.45. The first kappa shape index (κ1) is 18.1. The van der Waals surface area contributed by atoms with E-state index >= 15 is 0 Å². The van der Waals surface area contributed by atoms with Crippen molar-refractivity contribution in [3.05, 3.63) is 30.5 Å². The number of halogens is 2. The number of hydrogen-bond donors (Lipinski definition) is 0. The lowest BCUT2D eigenvalue weighted by molar-refractivity contribution is -0.0497. The van der Waals surface area contributed by atoms with Gasteiger partial charge in [0, 0.05) is 24.6 Å². The number of ether oxygens (including phenoxy) is 3. The van der Waals surface area contributed by atoms with E-state index in [1.807, 2.05) is 0 Å². The number of benzene rings is 1. The Balaban J connectivity index is 2.26. The summed E-state index contributed by atoms with van der Waals surface area (Å²) in [6.07, 6.45) is 2.98. The van der Waals surface area contributed by atoms with Crippen LogP contribution in [0.2, 0.25) is 0 Å². The number of imidazole rings is 1. The smallest absolute Gasteiger partial charge is 0.387 e. The topological polar surface area (TPSA) is 75.5 Å². The van der Waals surface area contributed by atoms with Gasteiger partial charge in [0.2, 0.25) is 0 Å². The molecule has 0 N–H and O–H groups in total. The van der Waals surface area contributed by atoms with Crippen molar-refractivity contribution in [2.75, 3.05) is 20.5 Å². The van der Waals surface area contributed by atoms with Gasteiger partial charge in [0.15, 0.2) is 23.0 Å². The van der Waals surface area contributed by atoms with E-state index in [4.69, 9.17) is 9.47 Å². The fourth-order valence-corrected chi connectivity index (χ4v) is 3.37. The second-order valence-electron chi connectivity index (χ2n) is 5.08. The molecule has 0 spiro atoms. The minimum Gasteiger partial charge on any atom is -0.493 e. The van der Waals surface area contributed by atoms with E-state index in [0.717, 1.165) is 0 Å². The van der Waals surface area contributed by atoms with Crippen molar-refractivity contribution < 1.29 is 27.2 Å². The largest absolute Gasteiger partial charge is 0.493 e. The zero-order valence-electron chi connectivity index (χ0n) is 14.1. The average molecular weight is 383 g/mol. The first-order chi connectivity index (χ1) is 12.5. The number of pyridine rings is 1. The molecule has 138 valence electrons. The summed E-state index contributed by atoms with van der Waals surface area (Å²) in [6, 6.07) is 5.84. The molecule has 0 aliphatic heterocycles. The summed E-state index contributed by atoms with van der Waals surface area (Å²) in [5.74, 6) is 0.961. The molecular formula is C16H15F2N3O4S. The van der Waals surface area contributed by atoms with E-state index in [0.29, 0.717) is 28.2 Å². The van der Waals surface area contributed by atoms with Crippen molar-refractivity contribution in [1.82, 2.24) is 13.9 Å². The van der Waals surface area contributed by atoms with Crippen LogP contribution in [0.5, 0.6) is 17.2 Å². The molecule has 0 aliphatic rings. The number of methoxy groups -OCH3 is 2. The molecule has 0 saturated heterocycles. The lowest BCUT2D eigenvalue weighted by atomic mass is 10.3. The van der Waals surface area contributed by atoms with Crippen LogP contribution in [0.15, 0.2) is 30.5 Å². The highest BCUT2D eigenvalue weighted by atomic mass is 32.2. The van der Waals surface area contributed by atoms with Crippen molar-refractivity contribution in [3.8, 4) is 28.8 Å². The zero-order valence-corrected chi connectivity index (χ0v) is 14.9. The maximum Gasteiger partial charge on any atom is 0.387 e. The monoisotopic (exact) mass is 383 g/mol. The SMILES string of the molecule is COc1ccnc(-c2nc3cc(OC(F)F)ccc3n2S(C)=O)c1OC. The van der Waals surface area contributed by atoms with Crippen LogP contribution in [0.1, 0.15) is 0 Å². The van der Waals surface area contributed by atoms with E-state index in [1.54, 1.807) is 6.07 Å². The van der Waals surface area contributed by atoms with Crippen LogP contribution in [0.4, 0.5) is 8.78 Å². The zero-order chi connectivity index (χ0) is 18.8. The maximum atomic E-state index is 12.4. The third-order valence-electron chi connectivity index (χ3n) is 3.57. The van der Waals surface area contributed by atoms with Crippen molar-refractivity contribution >= 4 is 22.0 Å². The predicted octanol–water partition coefficient (Wildman–Crippen LogP) is 2.86. The molecule has 0 radical (unpaired) electrons. The van der Waals surface area contributed by atoms with Crippen molar-refractivity contribution in [1.29, 1.82) is 0 Å². The summed E-state index contributed by atoms with van der Waals surface area (Å²) in [6.45, 7) is -2.95. The molecule has 0 aliphatic carbocycles. The number of alkyl halides is 2. The van der Waals surface area contributed by atoms with Gasteiger partial charge in [-0.15, -0.1) is 0 Å². The Morgan fingerprint density at radius 3 is 2.58 bits per heavy atom. The van der Waals surface area contributed by atoms with E-state index in [9.17, 15) is 13.0 Å². The van der Waals surface area contributed by atoms with Crippen LogP contribution in [0.3, 0.4) is 0 Å². The first-order valence-electron chi connectivity index (χ1n) is 7.34. The number of aromatic nitrogens is 3. The van der Waals surface area contributed by atoms with Gasteiger partial charge in [0.1, 0.15) is 16.7 Å². The lowest BCUT2D eigenvalue weighted by Gasteiger charge is -2.12. The Bertz CT molecular complexity index is 978. The van der Waals surface area contributed by atoms with Crippen LogP contribution >= 0.6 is 0 Å². The predicted molar refractivity (Wildman–Crippen MR) is 92.2 cm³/mol. The van der Waals surface area contributed by atoms with E-state index in [1.165, 1.54) is 48.8 Å². The number of nitrogens with zero attached hydrogens (tertiary/aromatic N) is 3. The van der Waals surface area contributed by atoms with Gasteiger partial charge in [0.25, 0.3) is 0 Å². The highest BCUT2D eigenvalue weighted by molar-refractivity contribution is 7.83. The molecule has 0 bridgehead atoms. The minimum atomic E-state index is -2.95. The summed E-state index contributed by atoms with van der Waals surface area (Å²) in [4.78, 5) is 8.67. The van der Waals surface area contributed by atoms with Crippen LogP contribution in [0.25, 0.3) is 22.6 Å². The first-order valence-corrected chi connectivity index (χ1v) is 8.86. The van der Waals surface area contributed by atoms with E-state index in [-0.39, 0.29) is 11.6 Å². The summed E-state index contributed by atoms with van der Waals surface area (Å²) < 4.78 is 53.7. The van der Waals surface area contributed by atoms with Gasteiger partial charge in [-0.05, 0) is 12.1 Å². The summed E-state index contributed by atoms with van der Waals surface area (Å²) in [5, 5.41) is 0. The van der Waals surface area contributed by atoms with Crippen molar-refractivity contribution in [2.45, 2.75) is 6.61 Å². The molecule has 1 unspecified atom stereocenters. The van der Waals surface area contributed by atoms with E-state index < -0.39 is 17.6 Å². The second-order valence-corrected chi connectivity index (χ2v) is 6.29. The van der Waals surface area contributed by atoms with Crippen molar-refractivity contribution in [3.63, 3.8) is 0 Å². The Kier molecular flexibility index (Phi) is 5.03. The van der Waals surface area contributed by atoms with Crippen molar-refractivity contribution in [2.24, 2.45) is 0 Å². The lowest BCUT2D eigenvalue weighted by Crippen LogP contribution is -2.06. The molecule has 3 aromatic rings. The standard InChI is InChI=1S/C16H15F2N3O4S/c1-23-12-6-7-19-13(14(12)24-2)15-20-10-8-9(25-16(17)18)4-5-11(10)21(15)26(3)22/h4-8,16H,1-3H3. The molecule has 26 heavy (non-hydrogen) atoms. The summed E-state index contributed by atoms with van der Waals surface area (Å²) >= 11 is 0. The quantitative estimate of drug-likeness (QED) is 0.652. The Hall–Kier alpha value is -2.75. The average Bonchev–Trinajstić information content (AvgIpc) is 2.98. The molecule has 10 heteroatoms. The van der Waals surface area contributed by atoms with Gasteiger partial charge in [-0.25, -0.2) is 18.1 Å². The van der Waals surface area contributed by atoms with Crippen LogP contribution in [0, 0.1) is 0 Å². The highest BCUT2D eigenvalue weighted by Gasteiger charge is 2.22. The van der Waals surface area contributed by atoms with Gasteiger partial charge in [0.05, 0.1) is 25.3 Å². The Labute approximate surface area is 150 Å². The van der Waals surface area contributed by atoms with Gasteiger partial charge in [-0.2, -0.15) is 8.78 Å². The fraction of sp³-hybridized carbons (Fsp3) is 0.250. The molecule has 0 amide bonds.